The van der Waals surface area contributed by atoms with Crippen LogP contribution < -0.4 is 4.74 Å². The maximum atomic E-state index is 12.2. The molecule has 3 rings (SSSR count). The Kier molecular flexibility index (Phi) is 4.88. The number of benzene rings is 1. The molecule has 0 aliphatic rings. The summed E-state index contributed by atoms with van der Waals surface area (Å²) in [6.45, 7) is 1.97. The molecule has 0 atom stereocenters. The molecule has 0 radical (unpaired) electrons. The van der Waals surface area contributed by atoms with Gasteiger partial charge in [-0.3, -0.25) is 4.79 Å². The first-order valence-electron chi connectivity index (χ1n) is 8.13. The van der Waals surface area contributed by atoms with Crippen LogP contribution in [0.15, 0.2) is 36.5 Å². The molecule has 128 valence electrons. The molecule has 0 bridgehead atoms. The smallest absolute Gasteiger partial charge is 0.178 e. The van der Waals surface area contributed by atoms with Gasteiger partial charge in [-0.15, -0.1) is 0 Å². The SMILES string of the molecule is CCCC(=O)Cc1nc2ncccc2nc1-c1ccc(O)c(OC)c1. The zero-order chi connectivity index (χ0) is 17.8. The molecule has 25 heavy (non-hydrogen) atoms. The lowest BCUT2D eigenvalue weighted by molar-refractivity contribution is -0.118. The zero-order valence-corrected chi connectivity index (χ0v) is 14.2. The van der Waals surface area contributed by atoms with E-state index in [1.807, 2.05) is 13.0 Å². The van der Waals surface area contributed by atoms with E-state index < -0.39 is 0 Å². The van der Waals surface area contributed by atoms with Crippen molar-refractivity contribution in [2.75, 3.05) is 7.11 Å². The zero-order valence-electron chi connectivity index (χ0n) is 14.2. The molecule has 1 aromatic carbocycles. The van der Waals surface area contributed by atoms with Crippen LogP contribution in [-0.2, 0) is 11.2 Å². The van der Waals surface area contributed by atoms with Crippen LogP contribution in [0.25, 0.3) is 22.4 Å². The van der Waals surface area contributed by atoms with Crippen molar-refractivity contribution in [1.82, 2.24) is 15.0 Å². The Labute approximate surface area is 145 Å². The van der Waals surface area contributed by atoms with Crippen molar-refractivity contribution >= 4 is 16.9 Å². The van der Waals surface area contributed by atoms with E-state index in [2.05, 4.69) is 15.0 Å². The normalized spacial score (nSPS) is 10.8. The molecule has 1 N–H and O–H groups in total. The Balaban J connectivity index is 2.15. The van der Waals surface area contributed by atoms with Crippen molar-refractivity contribution in [2.45, 2.75) is 26.2 Å². The van der Waals surface area contributed by atoms with E-state index in [9.17, 15) is 9.90 Å². The number of nitrogens with zero attached hydrogens (tertiary/aromatic N) is 3. The van der Waals surface area contributed by atoms with Crippen LogP contribution >= 0.6 is 0 Å². The van der Waals surface area contributed by atoms with E-state index in [1.54, 1.807) is 30.5 Å². The highest BCUT2D eigenvalue weighted by atomic mass is 16.5. The highest BCUT2D eigenvalue weighted by molar-refractivity contribution is 5.84. The molecule has 6 heteroatoms. The summed E-state index contributed by atoms with van der Waals surface area (Å²) in [4.78, 5) is 25.6. The van der Waals surface area contributed by atoms with Crippen LogP contribution in [0.2, 0.25) is 0 Å². The average Bonchev–Trinajstić information content (AvgIpc) is 2.62. The molecule has 0 saturated carbocycles. The molecule has 0 fully saturated rings. The van der Waals surface area contributed by atoms with Crippen LogP contribution in [0.4, 0.5) is 0 Å². The van der Waals surface area contributed by atoms with Crippen LogP contribution in [0.5, 0.6) is 11.5 Å². The largest absolute Gasteiger partial charge is 0.504 e. The molecule has 3 aromatic rings. The fraction of sp³-hybridized carbons (Fsp3) is 0.263. The first-order chi connectivity index (χ1) is 12.1. The van der Waals surface area contributed by atoms with Crippen molar-refractivity contribution in [3.63, 3.8) is 0 Å². The molecule has 2 heterocycles. The van der Waals surface area contributed by atoms with E-state index in [1.165, 1.54) is 7.11 Å². The number of methoxy groups -OCH3 is 1. The Morgan fingerprint density at radius 3 is 2.84 bits per heavy atom. The van der Waals surface area contributed by atoms with E-state index >= 15 is 0 Å². The van der Waals surface area contributed by atoms with Crippen LogP contribution in [0.3, 0.4) is 0 Å². The monoisotopic (exact) mass is 337 g/mol. The number of aromatic hydroxyl groups is 1. The first-order valence-corrected chi connectivity index (χ1v) is 8.13. The molecule has 2 aromatic heterocycles. The number of hydrogen-bond donors (Lipinski definition) is 1. The van der Waals surface area contributed by atoms with Gasteiger partial charge in [-0.2, -0.15) is 0 Å². The molecule has 6 nitrogen and oxygen atoms in total. The van der Waals surface area contributed by atoms with Gasteiger partial charge in [0.2, 0.25) is 0 Å². The van der Waals surface area contributed by atoms with Crippen molar-refractivity contribution in [2.24, 2.45) is 0 Å². The van der Waals surface area contributed by atoms with Crippen LogP contribution in [-0.4, -0.2) is 33.0 Å². The Hall–Kier alpha value is -3.02. The molecule has 0 aliphatic carbocycles. The van der Waals surface area contributed by atoms with Crippen molar-refractivity contribution in [3.05, 3.63) is 42.2 Å². The van der Waals surface area contributed by atoms with Crippen LogP contribution in [0.1, 0.15) is 25.5 Å². The predicted octanol–water partition coefficient (Wildman–Crippen LogP) is 3.32. The van der Waals surface area contributed by atoms with Crippen molar-refractivity contribution in [3.8, 4) is 22.8 Å². The molecular formula is C19H19N3O3. The number of rotatable bonds is 6. The van der Waals surface area contributed by atoms with Crippen molar-refractivity contribution in [1.29, 1.82) is 0 Å². The summed E-state index contributed by atoms with van der Waals surface area (Å²) in [6, 6.07) is 8.59. The second-order valence-electron chi connectivity index (χ2n) is 5.72. The van der Waals surface area contributed by atoms with Gasteiger partial charge in [0.25, 0.3) is 0 Å². The number of aromatic nitrogens is 3. The fourth-order valence-corrected chi connectivity index (χ4v) is 2.66. The van der Waals surface area contributed by atoms with Crippen molar-refractivity contribution < 1.29 is 14.6 Å². The van der Waals surface area contributed by atoms with E-state index in [4.69, 9.17) is 4.74 Å². The number of ether oxygens (including phenoxy) is 1. The minimum atomic E-state index is 0.0466. The summed E-state index contributed by atoms with van der Waals surface area (Å²) in [5, 5.41) is 9.81. The number of phenolic OH excluding ortho intramolecular Hbond substituents is 1. The lowest BCUT2D eigenvalue weighted by atomic mass is 10.0. The van der Waals surface area contributed by atoms with Gasteiger partial charge in [-0.25, -0.2) is 15.0 Å². The molecule has 0 spiro atoms. The van der Waals surface area contributed by atoms with Gasteiger partial charge in [0.05, 0.1) is 24.9 Å². The maximum Gasteiger partial charge on any atom is 0.178 e. The van der Waals surface area contributed by atoms with Gasteiger partial charge in [-0.05, 0) is 36.8 Å². The molecular weight excluding hydrogens is 318 g/mol. The van der Waals surface area contributed by atoms with Gasteiger partial charge in [-0.1, -0.05) is 6.92 Å². The summed E-state index contributed by atoms with van der Waals surface area (Å²) >= 11 is 0. The Bertz CT molecular complexity index is 925. The van der Waals surface area contributed by atoms with E-state index in [0.29, 0.717) is 34.7 Å². The van der Waals surface area contributed by atoms with Gasteiger partial charge < -0.3 is 9.84 Å². The number of pyridine rings is 1. The Morgan fingerprint density at radius 2 is 2.08 bits per heavy atom. The van der Waals surface area contributed by atoms with E-state index in [0.717, 1.165) is 12.0 Å². The number of phenols is 1. The highest BCUT2D eigenvalue weighted by Gasteiger charge is 2.16. The number of fused-ring (bicyclic) bond motifs is 1. The summed E-state index contributed by atoms with van der Waals surface area (Å²) in [5.41, 5.74) is 3.07. The lowest BCUT2D eigenvalue weighted by Gasteiger charge is -2.11. The first kappa shape index (κ1) is 16.8. The number of Topliss-reactive ketones (excluding diaryl/α,β-unsaturated/α-hetero) is 1. The van der Waals surface area contributed by atoms with Gasteiger partial charge in [0.15, 0.2) is 17.1 Å². The Morgan fingerprint density at radius 1 is 1.24 bits per heavy atom. The number of carbonyl (C=O) groups is 1. The third-order valence-electron chi connectivity index (χ3n) is 3.86. The molecule has 0 unspecified atom stereocenters. The maximum absolute atomic E-state index is 12.2. The second-order valence-corrected chi connectivity index (χ2v) is 5.72. The summed E-state index contributed by atoms with van der Waals surface area (Å²) in [6.07, 6.45) is 3.14. The predicted molar refractivity (Wildman–Crippen MR) is 94.6 cm³/mol. The summed E-state index contributed by atoms with van der Waals surface area (Å²) in [7, 11) is 1.49. The standard InChI is InChI=1S/C19H19N3O3/c1-3-5-13(23)11-15-18(12-7-8-16(24)17(10-12)25-2)21-14-6-4-9-20-19(14)22-15/h4,6-10,24H,3,5,11H2,1-2H3. The van der Waals surface area contributed by atoms with Gasteiger partial charge in [0.1, 0.15) is 11.3 Å². The second kappa shape index (κ2) is 7.25. The third-order valence-corrected chi connectivity index (χ3v) is 3.86. The summed E-state index contributed by atoms with van der Waals surface area (Å²) in [5.74, 6) is 0.501. The average molecular weight is 337 g/mol. The highest BCUT2D eigenvalue weighted by Crippen LogP contribution is 2.32. The molecule has 0 amide bonds. The number of carbonyl (C=O) groups excluding carboxylic acids is 1. The topological polar surface area (TPSA) is 85.2 Å². The lowest BCUT2D eigenvalue weighted by Crippen LogP contribution is -2.08. The molecule has 0 saturated heterocycles. The minimum absolute atomic E-state index is 0.0466. The van der Waals surface area contributed by atoms with E-state index in [-0.39, 0.29) is 18.0 Å². The number of ketones is 1. The summed E-state index contributed by atoms with van der Waals surface area (Å²) < 4.78 is 5.18. The minimum Gasteiger partial charge on any atom is -0.504 e. The number of hydrogen-bond acceptors (Lipinski definition) is 6. The van der Waals surface area contributed by atoms with Crippen LogP contribution in [0, 0.1) is 0 Å². The quantitative estimate of drug-likeness (QED) is 0.743. The third kappa shape index (κ3) is 3.57. The molecule has 0 aliphatic heterocycles. The van der Waals surface area contributed by atoms with Gasteiger partial charge in [0, 0.05) is 18.2 Å². The van der Waals surface area contributed by atoms with Gasteiger partial charge >= 0.3 is 0 Å². The fourth-order valence-electron chi connectivity index (χ4n) is 2.66.